The average molecular weight is 366 g/mol. The van der Waals surface area contributed by atoms with E-state index in [4.69, 9.17) is 0 Å². The van der Waals surface area contributed by atoms with Crippen LogP contribution in [0.25, 0.3) is 5.57 Å². The summed E-state index contributed by atoms with van der Waals surface area (Å²) in [7, 11) is 0. The number of fused-ring (bicyclic) bond motifs is 1. The van der Waals surface area contributed by atoms with Crippen LogP contribution >= 0.6 is 0 Å². The predicted octanol–water partition coefficient (Wildman–Crippen LogP) is 3.42. The Bertz CT molecular complexity index is 884. The molecule has 1 saturated heterocycles. The quantitative estimate of drug-likeness (QED) is 0.729. The molecule has 27 heavy (non-hydrogen) atoms. The molecule has 0 aliphatic carbocycles. The molecule has 1 fully saturated rings. The van der Waals surface area contributed by atoms with Crippen molar-refractivity contribution in [3.8, 4) is 0 Å². The Morgan fingerprint density at radius 2 is 1.81 bits per heavy atom. The predicted molar refractivity (Wildman–Crippen MR) is 107 cm³/mol. The zero-order valence-corrected chi connectivity index (χ0v) is 15.4. The number of hydrogen-bond acceptors (Lipinski definition) is 4. The van der Waals surface area contributed by atoms with Gasteiger partial charge < -0.3 is 20.9 Å². The van der Waals surface area contributed by atoms with Crippen LogP contribution in [0.4, 0.5) is 21.5 Å². The second-order valence-electron chi connectivity index (χ2n) is 7.27. The third kappa shape index (κ3) is 3.66. The lowest BCUT2D eigenvalue weighted by atomic mass is 10.1. The van der Waals surface area contributed by atoms with E-state index in [1.54, 1.807) is 12.3 Å². The maximum Gasteiger partial charge on any atom is 0.257 e. The number of nitrogens with zero attached hydrogens (tertiary/aromatic N) is 1. The number of anilines is 3. The monoisotopic (exact) mass is 366 g/mol. The van der Waals surface area contributed by atoms with Crippen molar-refractivity contribution in [2.45, 2.75) is 25.9 Å². The van der Waals surface area contributed by atoms with Gasteiger partial charge in [0.25, 0.3) is 5.91 Å². The molecule has 0 radical (unpaired) electrons. The molecule has 2 aromatic carbocycles. The first kappa shape index (κ1) is 17.5. The van der Waals surface area contributed by atoms with E-state index in [1.807, 2.05) is 12.1 Å². The van der Waals surface area contributed by atoms with Crippen molar-refractivity contribution in [3.05, 3.63) is 60.0 Å². The van der Waals surface area contributed by atoms with Crippen molar-refractivity contribution in [3.63, 3.8) is 0 Å². The summed E-state index contributed by atoms with van der Waals surface area (Å²) < 4.78 is 13.5. The van der Waals surface area contributed by atoms with Gasteiger partial charge in [0.1, 0.15) is 5.82 Å². The molecule has 140 valence electrons. The Labute approximate surface area is 158 Å². The lowest BCUT2D eigenvalue weighted by Crippen LogP contribution is -2.54. The highest BCUT2D eigenvalue weighted by Gasteiger charge is 2.24. The summed E-state index contributed by atoms with van der Waals surface area (Å²) in [6.07, 6.45) is 1.63. The van der Waals surface area contributed by atoms with Crippen LogP contribution in [0.1, 0.15) is 19.4 Å². The normalized spacial score (nSPS) is 23.3. The molecule has 3 N–H and O–H groups in total. The maximum atomic E-state index is 13.5. The molecule has 2 aliphatic heterocycles. The largest absolute Gasteiger partial charge is 0.368 e. The topological polar surface area (TPSA) is 56.4 Å². The van der Waals surface area contributed by atoms with Crippen molar-refractivity contribution >= 4 is 28.5 Å². The minimum atomic E-state index is -0.361. The van der Waals surface area contributed by atoms with E-state index >= 15 is 0 Å². The van der Waals surface area contributed by atoms with Gasteiger partial charge in [-0.1, -0.05) is 0 Å². The smallest absolute Gasteiger partial charge is 0.257 e. The summed E-state index contributed by atoms with van der Waals surface area (Å²) in [5, 5.41) is 9.43. The Kier molecular flexibility index (Phi) is 4.58. The van der Waals surface area contributed by atoms with Crippen LogP contribution in [-0.4, -0.2) is 31.1 Å². The number of hydrogen-bond donors (Lipinski definition) is 3. The Hall–Kier alpha value is -2.86. The zero-order chi connectivity index (χ0) is 19.0. The van der Waals surface area contributed by atoms with E-state index in [-0.39, 0.29) is 11.7 Å². The summed E-state index contributed by atoms with van der Waals surface area (Å²) in [5.74, 6) is -0.594. The summed E-state index contributed by atoms with van der Waals surface area (Å²) >= 11 is 0. The summed E-state index contributed by atoms with van der Waals surface area (Å²) in [6, 6.07) is 13.3. The van der Waals surface area contributed by atoms with Crippen LogP contribution in [0.3, 0.4) is 0 Å². The summed E-state index contributed by atoms with van der Waals surface area (Å²) in [5.41, 5.74) is 3.69. The molecule has 2 atom stereocenters. The van der Waals surface area contributed by atoms with E-state index in [0.29, 0.717) is 28.9 Å². The van der Waals surface area contributed by atoms with Crippen LogP contribution in [0, 0.1) is 5.82 Å². The third-order valence-electron chi connectivity index (χ3n) is 4.94. The van der Waals surface area contributed by atoms with Crippen molar-refractivity contribution in [2.75, 3.05) is 28.6 Å². The fourth-order valence-corrected chi connectivity index (χ4v) is 3.77. The van der Waals surface area contributed by atoms with Gasteiger partial charge in [0, 0.05) is 54.0 Å². The average Bonchev–Trinajstić information content (AvgIpc) is 2.94. The van der Waals surface area contributed by atoms with Gasteiger partial charge in [-0.25, -0.2) is 4.39 Å². The van der Waals surface area contributed by atoms with Crippen LogP contribution in [0.5, 0.6) is 0 Å². The van der Waals surface area contributed by atoms with Crippen LogP contribution < -0.4 is 20.9 Å². The fraction of sp³-hybridized carbons (Fsp3) is 0.286. The lowest BCUT2D eigenvalue weighted by Gasteiger charge is -2.37. The zero-order valence-electron chi connectivity index (χ0n) is 15.4. The molecule has 1 amide bonds. The first-order valence-electron chi connectivity index (χ1n) is 9.18. The molecule has 2 aromatic rings. The standard InChI is InChI=1S/C21H23FN4O/c1-13-11-26(12-14(2)24-13)17-6-4-16(5-7-17)23-10-19-18-9-15(22)3-8-20(18)25-21(19)27/h3-10,13-14,23-24H,11-12H2,1-2H3,(H,25,27). The summed E-state index contributed by atoms with van der Waals surface area (Å²) in [6.45, 7) is 6.34. The molecule has 4 rings (SSSR count). The molecule has 2 unspecified atom stereocenters. The molecule has 5 nitrogen and oxygen atoms in total. The molecule has 2 heterocycles. The molecule has 0 aromatic heterocycles. The van der Waals surface area contributed by atoms with Gasteiger partial charge in [0.05, 0.1) is 5.57 Å². The fourth-order valence-electron chi connectivity index (χ4n) is 3.77. The van der Waals surface area contributed by atoms with Gasteiger partial charge in [-0.2, -0.15) is 0 Å². The van der Waals surface area contributed by atoms with Gasteiger partial charge >= 0.3 is 0 Å². The molecule has 0 saturated carbocycles. The molecule has 0 bridgehead atoms. The minimum Gasteiger partial charge on any atom is -0.368 e. The first-order valence-corrected chi connectivity index (χ1v) is 9.18. The third-order valence-corrected chi connectivity index (χ3v) is 4.94. The van der Waals surface area contributed by atoms with E-state index in [1.165, 1.54) is 17.8 Å². The van der Waals surface area contributed by atoms with Crippen molar-refractivity contribution < 1.29 is 9.18 Å². The Balaban J connectivity index is 1.49. The van der Waals surface area contributed by atoms with Gasteiger partial charge in [0.15, 0.2) is 0 Å². The number of carbonyl (C=O) groups is 1. The molecule has 2 aliphatic rings. The van der Waals surface area contributed by atoms with Crippen molar-refractivity contribution in [1.82, 2.24) is 5.32 Å². The van der Waals surface area contributed by atoms with E-state index in [9.17, 15) is 9.18 Å². The molecular weight excluding hydrogens is 343 g/mol. The van der Waals surface area contributed by atoms with Gasteiger partial charge in [0.2, 0.25) is 0 Å². The number of benzene rings is 2. The van der Waals surface area contributed by atoms with Gasteiger partial charge in [-0.15, -0.1) is 0 Å². The number of halogens is 1. The maximum absolute atomic E-state index is 13.5. The SMILES string of the molecule is CC1CN(c2ccc(NC=C3C(=O)Nc4ccc(F)cc43)cc2)CC(C)N1. The van der Waals surface area contributed by atoms with Crippen molar-refractivity contribution in [1.29, 1.82) is 0 Å². The second-order valence-corrected chi connectivity index (χ2v) is 7.27. The Morgan fingerprint density at radius 3 is 2.52 bits per heavy atom. The number of rotatable bonds is 3. The van der Waals surface area contributed by atoms with Crippen LogP contribution in [0.2, 0.25) is 0 Å². The van der Waals surface area contributed by atoms with Crippen molar-refractivity contribution in [2.24, 2.45) is 0 Å². The van der Waals surface area contributed by atoms with Crippen LogP contribution in [-0.2, 0) is 4.79 Å². The number of amides is 1. The second kappa shape index (κ2) is 7.04. The van der Waals surface area contributed by atoms with E-state index < -0.39 is 0 Å². The molecule has 6 heteroatoms. The highest BCUT2D eigenvalue weighted by atomic mass is 19.1. The summed E-state index contributed by atoms with van der Waals surface area (Å²) in [4.78, 5) is 14.5. The number of piperazine rings is 1. The molecule has 0 spiro atoms. The number of carbonyl (C=O) groups excluding carboxylic acids is 1. The minimum absolute atomic E-state index is 0.233. The van der Waals surface area contributed by atoms with E-state index in [2.05, 4.69) is 46.8 Å². The van der Waals surface area contributed by atoms with E-state index in [0.717, 1.165) is 18.8 Å². The Morgan fingerprint density at radius 1 is 1.11 bits per heavy atom. The first-order chi connectivity index (χ1) is 13.0. The molecular formula is C21H23FN4O. The highest BCUT2D eigenvalue weighted by Crippen LogP contribution is 2.32. The van der Waals surface area contributed by atoms with Gasteiger partial charge in [-0.05, 0) is 56.3 Å². The van der Waals surface area contributed by atoms with Crippen LogP contribution in [0.15, 0.2) is 48.7 Å². The number of nitrogens with one attached hydrogen (secondary N) is 3. The lowest BCUT2D eigenvalue weighted by molar-refractivity contribution is -0.110. The highest BCUT2D eigenvalue weighted by molar-refractivity contribution is 6.31. The van der Waals surface area contributed by atoms with Gasteiger partial charge in [-0.3, -0.25) is 4.79 Å².